The fourth-order valence-electron chi connectivity index (χ4n) is 2.90. The maximum Gasteiger partial charge on any atom is 0.342 e. The molecule has 5 nitrogen and oxygen atoms in total. The first-order valence-electron chi connectivity index (χ1n) is 8.78. The van der Waals surface area contributed by atoms with Crippen LogP contribution < -0.4 is 9.47 Å². The van der Waals surface area contributed by atoms with Crippen LogP contribution in [0.25, 0.3) is 0 Å². The average molecular weight is 360 g/mol. The zero-order valence-corrected chi connectivity index (χ0v) is 16.3. The monoisotopic (exact) mass is 360 g/mol. The van der Waals surface area contributed by atoms with Crippen LogP contribution in [0.3, 0.4) is 0 Å². The van der Waals surface area contributed by atoms with Gasteiger partial charge in [0.25, 0.3) is 0 Å². The van der Waals surface area contributed by atoms with Crippen LogP contribution in [0, 0.1) is 0 Å². The highest BCUT2D eigenvalue weighted by Crippen LogP contribution is 2.39. The fourth-order valence-corrected chi connectivity index (χ4v) is 2.90. The number of allylic oxidation sites excluding steroid dienone is 4. The van der Waals surface area contributed by atoms with Gasteiger partial charge in [-0.2, -0.15) is 0 Å². The highest BCUT2D eigenvalue weighted by molar-refractivity contribution is 5.97. The molecule has 0 N–H and O–H groups in total. The van der Waals surface area contributed by atoms with Gasteiger partial charge in [-0.1, -0.05) is 23.3 Å². The average Bonchev–Trinajstić information content (AvgIpc) is 2.98. The van der Waals surface area contributed by atoms with E-state index in [0.29, 0.717) is 23.5 Å². The molecule has 0 saturated heterocycles. The van der Waals surface area contributed by atoms with Crippen LogP contribution in [0.1, 0.15) is 55.1 Å². The van der Waals surface area contributed by atoms with E-state index in [-0.39, 0.29) is 19.4 Å². The molecule has 1 aliphatic rings. The first-order chi connectivity index (χ1) is 12.5. The van der Waals surface area contributed by atoms with Gasteiger partial charge in [0.05, 0.1) is 7.11 Å². The summed E-state index contributed by atoms with van der Waals surface area (Å²) in [5.74, 6) is 0.831. The van der Waals surface area contributed by atoms with Gasteiger partial charge in [0, 0.05) is 18.2 Å². The minimum atomic E-state index is -0.362. The summed E-state index contributed by atoms with van der Waals surface area (Å²) in [6.45, 7) is 6.62. The molecule has 0 spiro atoms. The SMILES string of the molecule is COCOc1c(C/C=C(\C)CCC=C(C)C)c(OC)cc2c1C(=O)OC2. The molecular formula is C21H28O5. The number of carbonyl (C=O) groups excluding carboxylic acids is 1. The zero-order valence-electron chi connectivity index (χ0n) is 16.3. The van der Waals surface area contributed by atoms with Gasteiger partial charge in [-0.25, -0.2) is 4.79 Å². The van der Waals surface area contributed by atoms with E-state index in [1.54, 1.807) is 14.2 Å². The molecule has 0 radical (unpaired) electrons. The van der Waals surface area contributed by atoms with E-state index in [1.165, 1.54) is 11.1 Å². The third-order valence-electron chi connectivity index (χ3n) is 4.27. The van der Waals surface area contributed by atoms with Crippen LogP contribution in [-0.2, 0) is 22.5 Å². The molecule has 2 rings (SSSR count). The summed E-state index contributed by atoms with van der Waals surface area (Å²) in [6.07, 6.45) is 7.02. The normalized spacial score (nSPS) is 13.3. The predicted octanol–water partition coefficient (Wildman–Crippen LogP) is 4.58. The maximum absolute atomic E-state index is 12.1. The minimum Gasteiger partial charge on any atom is -0.496 e. The van der Waals surface area contributed by atoms with Crippen molar-refractivity contribution < 1.29 is 23.7 Å². The third-order valence-corrected chi connectivity index (χ3v) is 4.27. The molecule has 0 aromatic heterocycles. The summed E-state index contributed by atoms with van der Waals surface area (Å²) in [5, 5.41) is 0. The predicted molar refractivity (Wildman–Crippen MR) is 101 cm³/mol. The smallest absolute Gasteiger partial charge is 0.342 e. The van der Waals surface area contributed by atoms with Gasteiger partial charge in [-0.15, -0.1) is 0 Å². The van der Waals surface area contributed by atoms with Crippen molar-refractivity contribution >= 4 is 5.97 Å². The highest BCUT2D eigenvalue weighted by atomic mass is 16.7. The Morgan fingerprint density at radius 1 is 1.23 bits per heavy atom. The van der Waals surface area contributed by atoms with Crippen LogP contribution in [0.4, 0.5) is 0 Å². The maximum atomic E-state index is 12.1. The number of fused-ring (bicyclic) bond motifs is 1. The number of carbonyl (C=O) groups is 1. The van der Waals surface area contributed by atoms with Crippen molar-refractivity contribution in [1.82, 2.24) is 0 Å². The van der Waals surface area contributed by atoms with Gasteiger partial charge in [-0.05, 0) is 46.1 Å². The Balaban J connectivity index is 2.32. The molecule has 26 heavy (non-hydrogen) atoms. The van der Waals surface area contributed by atoms with Crippen molar-refractivity contribution in [3.63, 3.8) is 0 Å². The Bertz CT molecular complexity index is 712. The topological polar surface area (TPSA) is 54.0 Å². The second-order valence-electron chi connectivity index (χ2n) is 6.62. The molecule has 1 aliphatic heterocycles. The van der Waals surface area contributed by atoms with Crippen molar-refractivity contribution in [3.05, 3.63) is 46.1 Å². The zero-order chi connectivity index (χ0) is 19.1. The van der Waals surface area contributed by atoms with Crippen molar-refractivity contribution in [1.29, 1.82) is 0 Å². The molecule has 0 bridgehead atoms. The summed E-state index contributed by atoms with van der Waals surface area (Å²) in [4.78, 5) is 12.1. The van der Waals surface area contributed by atoms with E-state index in [9.17, 15) is 4.79 Å². The number of rotatable bonds is 9. The molecular weight excluding hydrogens is 332 g/mol. The Kier molecular flexibility index (Phi) is 7.27. The molecule has 1 heterocycles. The largest absolute Gasteiger partial charge is 0.496 e. The van der Waals surface area contributed by atoms with E-state index in [2.05, 4.69) is 32.9 Å². The lowest BCUT2D eigenvalue weighted by Gasteiger charge is -2.16. The van der Waals surface area contributed by atoms with Gasteiger partial charge < -0.3 is 18.9 Å². The number of benzene rings is 1. The van der Waals surface area contributed by atoms with Crippen LogP contribution in [0.5, 0.6) is 11.5 Å². The first-order valence-corrected chi connectivity index (χ1v) is 8.78. The highest BCUT2D eigenvalue weighted by Gasteiger charge is 2.30. The fraction of sp³-hybridized carbons (Fsp3) is 0.476. The third kappa shape index (κ3) is 4.88. The summed E-state index contributed by atoms with van der Waals surface area (Å²) in [6, 6.07) is 1.86. The molecule has 0 amide bonds. The Labute approximate surface area is 155 Å². The van der Waals surface area contributed by atoms with E-state index in [0.717, 1.165) is 24.0 Å². The van der Waals surface area contributed by atoms with Gasteiger partial charge >= 0.3 is 5.97 Å². The van der Waals surface area contributed by atoms with Crippen LogP contribution >= 0.6 is 0 Å². The van der Waals surface area contributed by atoms with Gasteiger partial charge in [0.15, 0.2) is 6.79 Å². The van der Waals surface area contributed by atoms with Crippen LogP contribution in [-0.4, -0.2) is 27.0 Å². The molecule has 0 atom stereocenters. The molecule has 0 fully saturated rings. The van der Waals surface area contributed by atoms with Gasteiger partial charge in [0.1, 0.15) is 23.7 Å². The summed E-state index contributed by atoms with van der Waals surface area (Å²) in [5.41, 5.74) is 4.71. The second kappa shape index (κ2) is 9.43. The number of methoxy groups -OCH3 is 2. The first kappa shape index (κ1) is 20.0. The second-order valence-corrected chi connectivity index (χ2v) is 6.62. The summed E-state index contributed by atoms with van der Waals surface area (Å²) < 4.78 is 21.5. The number of hydrogen-bond donors (Lipinski definition) is 0. The Morgan fingerprint density at radius 2 is 2.00 bits per heavy atom. The lowest BCUT2D eigenvalue weighted by Crippen LogP contribution is -2.08. The molecule has 1 aromatic carbocycles. The molecule has 1 aromatic rings. The standard InChI is InChI=1S/C21H28O5/c1-14(2)7-6-8-15(3)9-10-17-18(24-5)11-16-12-25-21(22)19(16)20(17)26-13-23-4/h7,9,11H,6,8,10,12-13H2,1-5H3/b15-9+. The van der Waals surface area contributed by atoms with Crippen molar-refractivity contribution in [2.45, 2.75) is 46.6 Å². The quantitative estimate of drug-likeness (QED) is 0.366. The molecule has 0 saturated carbocycles. The lowest BCUT2D eigenvalue weighted by atomic mass is 9.99. The minimum absolute atomic E-state index is 0.0587. The van der Waals surface area contributed by atoms with E-state index >= 15 is 0 Å². The van der Waals surface area contributed by atoms with E-state index < -0.39 is 0 Å². The summed E-state index contributed by atoms with van der Waals surface area (Å²) in [7, 11) is 3.17. The lowest BCUT2D eigenvalue weighted by molar-refractivity contribution is 0.0454. The molecule has 142 valence electrons. The van der Waals surface area contributed by atoms with Crippen molar-refractivity contribution in [2.75, 3.05) is 21.0 Å². The Hall–Kier alpha value is -2.27. The number of esters is 1. The number of ether oxygens (including phenoxy) is 4. The summed E-state index contributed by atoms with van der Waals surface area (Å²) >= 11 is 0. The molecule has 0 aliphatic carbocycles. The van der Waals surface area contributed by atoms with Crippen molar-refractivity contribution in [3.8, 4) is 11.5 Å². The number of cyclic esters (lactones) is 1. The van der Waals surface area contributed by atoms with Gasteiger partial charge in [-0.3, -0.25) is 0 Å². The van der Waals surface area contributed by atoms with E-state index in [1.807, 2.05) is 6.07 Å². The molecule has 5 heteroatoms. The van der Waals surface area contributed by atoms with Gasteiger partial charge in [0.2, 0.25) is 0 Å². The van der Waals surface area contributed by atoms with Crippen molar-refractivity contribution in [2.24, 2.45) is 0 Å². The van der Waals surface area contributed by atoms with E-state index in [4.69, 9.17) is 18.9 Å². The van der Waals surface area contributed by atoms with Crippen LogP contribution in [0.2, 0.25) is 0 Å². The number of hydrogen-bond acceptors (Lipinski definition) is 5. The Morgan fingerprint density at radius 3 is 2.65 bits per heavy atom. The van der Waals surface area contributed by atoms with Crippen LogP contribution in [0.15, 0.2) is 29.4 Å². The molecule has 0 unspecified atom stereocenters.